The number of hydrogen-bond acceptors (Lipinski definition) is 6. The van der Waals surface area contributed by atoms with Crippen LogP contribution in [0.3, 0.4) is 0 Å². The molecule has 3 heterocycles. The van der Waals surface area contributed by atoms with Crippen molar-refractivity contribution in [3.63, 3.8) is 0 Å². The molecule has 0 spiro atoms. The molecule has 1 aliphatic carbocycles. The average molecular weight is 521 g/mol. The molecule has 0 saturated heterocycles. The van der Waals surface area contributed by atoms with E-state index >= 15 is 0 Å². The number of nitrogens with one attached hydrogen (secondary N) is 1. The van der Waals surface area contributed by atoms with Gasteiger partial charge >= 0.3 is 0 Å². The Morgan fingerprint density at radius 2 is 1.65 bits per heavy atom. The van der Waals surface area contributed by atoms with E-state index < -0.39 is 0 Å². The lowest BCUT2D eigenvalue weighted by atomic mass is 10.0. The van der Waals surface area contributed by atoms with Crippen molar-refractivity contribution in [1.82, 2.24) is 24.8 Å². The van der Waals surface area contributed by atoms with Gasteiger partial charge in [-0.1, -0.05) is 59.8 Å². The summed E-state index contributed by atoms with van der Waals surface area (Å²) in [6.07, 6.45) is 4.30. The minimum Gasteiger partial charge on any atom is -0.338 e. The molecular weight excluding hydrogens is 500 g/mol. The van der Waals surface area contributed by atoms with Crippen LogP contribution in [0.1, 0.15) is 24.5 Å². The highest BCUT2D eigenvalue weighted by molar-refractivity contribution is 7.99. The molecule has 1 fully saturated rings. The van der Waals surface area contributed by atoms with Crippen molar-refractivity contribution in [2.75, 3.05) is 5.32 Å². The van der Waals surface area contributed by atoms with Crippen LogP contribution in [0.15, 0.2) is 101 Å². The maximum Gasteiger partial charge on any atom is 0.161 e. The third-order valence-corrected chi connectivity index (χ3v) is 7.76. The van der Waals surface area contributed by atoms with E-state index in [4.69, 9.17) is 16.7 Å². The van der Waals surface area contributed by atoms with Crippen LogP contribution in [0.4, 0.5) is 11.5 Å². The lowest BCUT2D eigenvalue weighted by Crippen LogP contribution is -1.99. The summed E-state index contributed by atoms with van der Waals surface area (Å²) in [5, 5.41) is 21.1. The highest BCUT2D eigenvalue weighted by Crippen LogP contribution is 2.40. The van der Waals surface area contributed by atoms with Gasteiger partial charge in [0.05, 0.1) is 5.69 Å². The predicted octanol–water partition coefficient (Wildman–Crippen LogP) is 7.77. The SMILES string of the molecule is Clc1ccc(-c2nnc(Nc3ccc(Sc4ccnc5cc(C6CC6)nn45)cc3)c3ccccc23)cc1. The molecule has 3 aromatic carbocycles. The van der Waals surface area contributed by atoms with Gasteiger partial charge in [-0.25, -0.2) is 9.50 Å². The van der Waals surface area contributed by atoms with E-state index in [9.17, 15) is 0 Å². The molecule has 1 aliphatic rings. The van der Waals surface area contributed by atoms with Crippen molar-refractivity contribution < 1.29 is 0 Å². The second kappa shape index (κ2) is 9.18. The zero-order chi connectivity index (χ0) is 24.8. The van der Waals surface area contributed by atoms with E-state index in [2.05, 4.69) is 63.0 Å². The van der Waals surface area contributed by atoms with Crippen molar-refractivity contribution >= 4 is 51.3 Å². The number of hydrogen-bond donors (Lipinski definition) is 1. The Kier molecular flexibility index (Phi) is 5.52. The topological polar surface area (TPSA) is 68.0 Å². The summed E-state index contributed by atoms with van der Waals surface area (Å²) in [6, 6.07) is 28.3. The minimum absolute atomic E-state index is 0.601. The summed E-state index contributed by atoms with van der Waals surface area (Å²) in [5.74, 6) is 1.32. The van der Waals surface area contributed by atoms with Crippen LogP contribution < -0.4 is 5.32 Å². The first-order chi connectivity index (χ1) is 18.2. The fourth-order valence-electron chi connectivity index (χ4n) is 4.43. The molecule has 8 heteroatoms. The van der Waals surface area contributed by atoms with Crippen LogP contribution >= 0.6 is 23.4 Å². The molecule has 1 N–H and O–H groups in total. The lowest BCUT2D eigenvalue weighted by molar-refractivity contribution is 0.810. The summed E-state index contributed by atoms with van der Waals surface area (Å²) in [4.78, 5) is 5.61. The third kappa shape index (κ3) is 4.41. The Bertz CT molecular complexity index is 1740. The number of nitrogens with zero attached hydrogens (tertiary/aromatic N) is 5. The Morgan fingerprint density at radius 3 is 2.43 bits per heavy atom. The number of benzene rings is 3. The standard InChI is InChI=1S/C29H21ClN6S/c30-20-9-7-19(8-10-20)28-23-3-1-2-4-24(23)29(34-33-28)32-21-11-13-22(14-12-21)37-27-15-16-31-26-17-25(18-5-6-18)35-36(26)27/h1-4,7-18H,5-6H2,(H,32,34). The Balaban J connectivity index is 1.15. The van der Waals surface area contributed by atoms with Crippen LogP contribution in [-0.2, 0) is 0 Å². The molecule has 0 aliphatic heterocycles. The van der Waals surface area contributed by atoms with Crippen molar-refractivity contribution in [2.24, 2.45) is 0 Å². The molecular formula is C29H21ClN6S. The lowest BCUT2D eigenvalue weighted by Gasteiger charge is -2.12. The molecule has 7 rings (SSSR count). The Hall–Kier alpha value is -3.94. The first-order valence-electron chi connectivity index (χ1n) is 12.1. The van der Waals surface area contributed by atoms with Crippen LogP contribution in [0.25, 0.3) is 27.7 Å². The smallest absolute Gasteiger partial charge is 0.161 e. The first kappa shape index (κ1) is 22.3. The summed E-state index contributed by atoms with van der Waals surface area (Å²) >= 11 is 7.75. The van der Waals surface area contributed by atoms with Crippen LogP contribution in [0, 0.1) is 0 Å². The molecule has 37 heavy (non-hydrogen) atoms. The molecule has 0 atom stereocenters. The normalized spacial score (nSPS) is 13.3. The monoisotopic (exact) mass is 520 g/mol. The van der Waals surface area contributed by atoms with Crippen LogP contribution in [0.5, 0.6) is 0 Å². The fraction of sp³-hybridized carbons (Fsp3) is 0.103. The average Bonchev–Trinajstić information content (AvgIpc) is 3.69. The zero-order valence-corrected chi connectivity index (χ0v) is 21.2. The van der Waals surface area contributed by atoms with Gasteiger partial charge in [-0.15, -0.1) is 10.2 Å². The summed E-state index contributed by atoms with van der Waals surface area (Å²) < 4.78 is 1.95. The molecule has 0 radical (unpaired) electrons. The number of rotatable bonds is 6. The maximum atomic E-state index is 6.07. The molecule has 0 amide bonds. The van der Waals surface area contributed by atoms with E-state index in [-0.39, 0.29) is 0 Å². The van der Waals surface area contributed by atoms with Crippen molar-refractivity contribution in [3.8, 4) is 11.3 Å². The van der Waals surface area contributed by atoms with E-state index in [1.807, 2.05) is 53.2 Å². The molecule has 0 unspecified atom stereocenters. The van der Waals surface area contributed by atoms with Gasteiger partial charge in [0.1, 0.15) is 10.7 Å². The number of anilines is 2. The number of halogens is 1. The van der Waals surface area contributed by atoms with Gasteiger partial charge in [0.15, 0.2) is 11.5 Å². The summed E-state index contributed by atoms with van der Waals surface area (Å²) in [6.45, 7) is 0. The molecule has 1 saturated carbocycles. The maximum absolute atomic E-state index is 6.07. The summed E-state index contributed by atoms with van der Waals surface area (Å²) in [5.41, 5.74) is 4.80. The van der Waals surface area contributed by atoms with E-state index in [1.54, 1.807) is 11.8 Å². The van der Waals surface area contributed by atoms with Gasteiger partial charge in [-0.2, -0.15) is 5.10 Å². The molecule has 0 bridgehead atoms. The van der Waals surface area contributed by atoms with Gasteiger partial charge in [0.2, 0.25) is 0 Å². The Labute approximate surface area is 222 Å². The zero-order valence-electron chi connectivity index (χ0n) is 19.7. The van der Waals surface area contributed by atoms with Crippen molar-refractivity contribution in [1.29, 1.82) is 0 Å². The second-order valence-corrected chi connectivity index (χ2v) is 10.6. The van der Waals surface area contributed by atoms with Crippen LogP contribution in [0.2, 0.25) is 5.02 Å². The molecule has 6 nitrogen and oxygen atoms in total. The van der Waals surface area contributed by atoms with Crippen LogP contribution in [-0.4, -0.2) is 24.8 Å². The van der Waals surface area contributed by atoms with Gasteiger partial charge in [-0.05, 0) is 55.3 Å². The summed E-state index contributed by atoms with van der Waals surface area (Å²) in [7, 11) is 0. The number of fused-ring (bicyclic) bond motifs is 2. The molecule has 180 valence electrons. The van der Waals surface area contributed by atoms with E-state index in [1.165, 1.54) is 12.8 Å². The Morgan fingerprint density at radius 1 is 0.865 bits per heavy atom. The highest BCUT2D eigenvalue weighted by Gasteiger charge is 2.27. The highest BCUT2D eigenvalue weighted by atomic mass is 35.5. The van der Waals surface area contributed by atoms with Gasteiger partial charge in [-0.3, -0.25) is 0 Å². The third-order valence-electron chi connectivity index (χ3n) is 6.48. The van der Waals surface area contributed by atoms with Crippen molar-refractivity contribution in [3.05, 3.63) is 102 Å². The fourth-order valence-corrected chi connectivity index (χ4v) is 5.42. The predicted molar refractivity (Wildman–Crippen MR) is 149 cm³/mol. The molecule has 3 aromatic heterocycles. The van der Waals surface area contributed by atoms with Gasteiger partial charge in [0.25, 0.3) is 0 Å². The molecule has 6 aromatic rings. The first-order valence-corrected chi connectivity index (χ1v) is 13.3. The quantitative estimate of drug-likeness (QED) is 0.226. The number of aromatic nitrogens is 5. The van der Waals surface area contributed by atoms with Crippen molar-refractivity contribution in [2.45, 2.75) is 28.7 Å². The van der Waals surface area contributed by atoms with E-state index in [0.717, 1.165) is 49.0 Å². The minimum atomic E-state index is 0.601. The van der Waals surface area contributed by atoms with E-state index in [0.29, 0.717) is 16.8 Å². The van der Waals surface area contributed by atoms with Gasteiger partial charge < -0.3 is 5.32 Å². The largest absolute Gasteiger partial charge is 0.338 e. The van der Waals surface area contributed by atoms with Gasteiger partial charge in [0, 0.05) is 50.1 Å². The second-order valence-electron chi connectivity index (χ2n) is 9.10.